The minimum Gasteiger partial charge on any atom is -0.497 e. The van der Waals surface area contributed by atoms with Crippen LogP contribution in [0.3, 0.4) is 0 Å². The van der Waals surface area contributed by atoms with Gasteiger partial charge in [0.25, 0.3) is 0 Å². The van der Waals surface area contributed by atoms with Gasteiger partial charge in [-0.1, -0.05) is 19.0 Å². The Morgan fingerprint density at radius 3 is 2.58 bits per heavy atom. The van der Waals surface area contributed by atoms with Gasteiger partial charge in [0.1, 0.15) is 11.5 Å². The highest BCUT2D eigenvalue weighted by Gasteiger charge is 2.06. The Morgan fingerprint density at radius 1 is 1.32 bits per heavy atom. The molecule has 5 heteroatoms. The molecule has 5 nitrogen and oxygen atoms in total. The predicted octanol–water partition coefficient (Wildman–Crippen LogP) is 2.60. The Morgan fingerprint density at radius 2 is 2.00 bits per heavy atom. The summed E-state index contributed by atoms with van der Waals surface area (Å²) in [6.07, 6.45) is 2.12. The van der Waals surface area contributed by atoms with Crippen LogP contribution in [0.1, 0.15) is 32.3 Å². The molecule has 0 bridgehead atoms. The lowest BCUT2D eigenvalue weighted by molar-refractivity contribution is 0.295. The van der Waals surface area contributed by atoms with Crippen LogP contribution in [0.25, 0.3) is 0 Å². The standard InChI is InChI=1S/C14H22N2O3/c1-10(2)5-4-6-19-13-8-11(14(15)16-17)7-12(9-13)18-3/h7-10,17H,4-6H2,1-3H3,(H2,15,16). The molecule has 0 amide bonds. The molecule has 0 atom stereocenters. The molecule has 0 spiro atoms. The van der Waals surface area contributed by atoms with Crippen molar-refractivity contribution >= 4 is 5.84 Å². The maximum Gasteiger partial charge on any atom is 0.170 e. The molecule has 0 radical (unpaired) electrons. The van der Waals surface area contributed by atoms with Crippen molar-refractivity contribution in [3.05, 3.63) is 23.8 Å². The molecule has 0 fully saturated rings. The fourth-order valence-corrected chi connectivity index (χ4v) is 1.66. The Hall–Kier alpha value is -1.91. The Kier molecular flexibility index (Phi) is 5.99. The number of methoxy groups -OCH3 is 1. The Labute approximate surface area is 114 Å². The smallest absolute Gasteiger partial charge is 0.170 e. The molecule has 1 rings (SSSR count). The first-order valence-corrected chi connectivity index (χ1v) is 6.36. The molecule has 0 aliphatic carbocycles. The Balaban J connectivity index is 2.71. The van der Waals surface area contributed by atoms with Crippen molar-refractivity contribution in [2.24, 2.45) is 16.8 Å². The summed E-state index contributed by atoms with van der Waals surface area (Å²) >= 11 is 0. The summed E-state index contributed by atoms with van der Waals surface area (Å²) < 4.78 is 10.8. The van der Waals surface area contributed by atoms with Crippen molar-refractivity contribution < 1.29 is 14.7 Å². The zero-order valence-electron chi connectivity index (χ0n) is 11.7. The lowest BCUT2D eigenvalue weighted by atomic mass is 10.1. The van der Waals surface area contributed by atoms with Crippen LogP contribution in [0.2, 0.25) is 0 Å². The van der Waals surface area contributed by atoms with E-state index in [4.69, 9.17) is 20.4 Å². The number of hydrogen-bond acceptors (Lipinski definition) is 4. The van der Waals surface area contributed by atoms with Crippen LogP contribution in [0.15, 0.2) is 23.4 Å². The summed E-state index contributed by atoms with van der Waals surface area (Å²) in [6, 6.07) is 5.20. The molecule has 0 heterocycles. The monoisotopic (exact) mass is 266 g/mol. The molecule has 0 saturated heterocycles. The maximum atomic E-state index is 8.70. The highest BCUT2D eigenvalue weighted by molar-refractivity contribution is 5.97. The third-order valence-corrected chi connectivity index (χ3v) is 2.71. The number of ether oxygens (including phenoxy) is 2. The van der Waals surface area contributed by atoms with Crippen LogP contribution < -0.4 is 15.2 Å². The number of benzene rings is 1. The molecular formula is C14H22N2O3. The second kappa shape index (κ2) is 7.51. The maximum absolute atomic E-state index is 8.70. The minimum absolute atomic E-state index is 0.0333. The van der Waals surface area contributed by atoms with E-state index in [2.05, 4.69) is 19.0 Å². The molecule has 0 aliphatic heterocycles. The van der Waals surface area contributed by atoms with Crippen LogP contribution in [0, 0.1) is 5.92 Å². The van der Waals surface area contributed by atoms with Crippen molar-refractivity contribution in [3.63, 3.8) is 0 Å². The molecule has 0 aliphatic rings. The molecule has 0 saturated carbocycles. The number of nitrogens with two attached hydrogens (primary N) is 1. The first-order valence-electron chi connectivity index (χ1n) is 6.36. The predicted molar refractivity (Wildman–Crippen MR) is 75.1 cm³/mol. The molecule has 0 unspecified atom stereocenters. The minimum atomic E-state index is 0.0333. The normalized spacial score (nSPS) is 11.7. The highest BCUT2D eigenvalue weighted by atomic mass is 16.5. The van der Waals surface area contributed by atoms with E-state index in [0.29, 0.717) is 29.6 Å². The summed E-state index contributed by atoms with van der Waals surface area (Å²) in [6.45, 7) is 5.01. The second-order valence-electron chi connectivity index (χ2n) is 4.77. The van der Waals surface area contributed by atoms with Gasteiger partial charge in [-0.2, -0.15) is 0 Å². The van der Waals surface area contributed by atoms with Crippen LogP contribution in [0.5, 0.6) is 11.5 Å². The quantitative estimate of drug-likeness (QED) is 0.261. The summed E-state index contributed by atoms with van der Waals surface area (Å²) in [5.74, 6) is 1.97. The molecule has 3 N–H and O–H groups in total. The van der Waals surface area contributed by atoms with Gasteiger partial charge in [-0.3, -0.25) is 0 Å². The van der Waals surface area contributed by atoms with E-state index >= 15 is 0 Å². The third-order valence-electron chi connectivity index (χ3n) is 2.71. The summed E-state index contributed by atoms with van der Waals surface area (Å²) in [5, 5.41) is 11.7. The first-order chi connectivity index (χ1) is 9.06. The molecule has 19 heavy (non-hydrogen) atoms. The SMILES string of the molecule is COc1cc(OCCCC(C)C)cc(/C(N)=N/O)c1. The highest BCUT2D eigenvalue weighted by Crippen LogP contribution is 2.23. The van der Waals surface area contributed by atoms with Gasteiger partial charge in [0, 0.05) is 11.6 Å². The largest absolute Gasteiger partial charge is 0.497 e. The van der Waals surface area contributed by atoms with E-state index in [-0.39, 0.29) is 5.84 Å². The second-order valence-corrected chi connectivity index (χ2v) is 4.77. The van der Waals surface area contributed by atoms with Gasteiger partial charge in [-0.05, 0) is 30.9 Å². The van der Waals surface area contributed by atoms with E-state index < -0.39 is 0 Å². The number of nitrogens with zero attached hydrogens (tertiary/aromatic N) is 1. The third kappa shape index (κ3) is 5.07. The fraction of sp³-hybridized carbons (Fsp3) is 0.500. The van der Waals surface area contributed by atoms with Crippen LogP contribution in [-0.2, 0) is 0 Å². The van der Waals surface area contributed by atoms with Crippen molar-refractivity contribution in [1.29, 1.82) is 0 Å². The molecule has 106 valence electrons. The van der Waals surface area contributed by atoms with E-state index in [1.807, 2.05) is 0 Å². The van der Waals surface area contributed by atoms with Crippen LogP contribution in [-0.4, -0.2) is 24.8 Å². The van der Waals surface area contributed by atoms with E-state index in [0.717, 1.165) is 12.8 Å². The molecule has 1 aromatic rings. The molecule has 0 aromatic heterocycles. The van der Waals surface area contributed by atoms with Gasteiger partial charge in [-0.25, -0.2) is 0 Å². The van der Waals surface area contributed by atoms with Crippen molar-refractivity contribution in [2.45, 2.75) is 26.7 Å². The van der Waals surface area contributed by atoms with Crippen molar-refractivity contribution in [3.8, 4) is 11.5 Å². The number of rotatable bonds is 7. The lowest BCUT2D eigenvalue weighted by Gasteiger charge is -2.11. The van der Waals surface area contributed by atoms with Gasteiger partial charge >= 0.3 is 0 Å². The van der Waals surface area contributed by atoms with Crippen LogP contribution in [0.4, 0.5) is 0 Å². The van der Waals surface area contributed by atoms with E-state index in [9.17, 15) is 0 Å². The van der Waals surface area contributed by atoms with Crippen molar-refractivity contribution in [2.75, 3.05) is 13.7 Å². The van der Waals surface area contributed by atoms with Gasteiger partial charge in [0.05, 0.1) is 13.7 Å². The first kappa shape index (κ1) is 15.1. The van der Waals surface area contributed by atoms with Gasteiger partial charge < -0.3 is 20.4 Å². The zero-order chi connectivity index (χ0) is 14.3. The topological polar surface area (TPSA) is 77.1 Å². The summed E-state index contributed by atoms with van der Waals surface area (Å²) in [5.41, 5.74) is 6.14. The molecule has 1 aromatic carbocycles. The average molecular weight is 266 g/mol. The van der Waals surface area contributed by atoms with E-state index in [1.54, 1.807) is 25.3 Å². The van der Waals surface area contributed by atoms with Crippen molar-refractivity contribution in [1.82, 2.24) is 0 Å². The van der Waals surface area contributed by atoms with Gasteiger partial charge in [0.15, 0.2) is 5.84 Å². The zero-order valence-corrected chi connectivity index (χ0v) is 11.7. The number of hydrogen-bond donors (Lipinski definition) is 2. The van der Waals surface area contributed by atoms with E-state index in [1.165, 1.54) is 0 Å². The van der Waals surface area contributed by atoms with Gasteiger partial charge in [-0.15, -0.1) is 0 Å². The average Bonchev–Trinajstić information content (AvgIpc) is 2.42. The Bertz CT molecular complexity index is 431. The van der Waals surface area contributed by atoms with Crippen LogP contribution >= 0.6 is 0 Å². The lowest BCUT2D eigenvalue weighted by Crippen LogP contribution is -2.13. The fourth-order valence-electron chi connectivity index (χ4n) is 1.66. The summed E-state index contributed by atoms with van der Waals surface area (Å²) in [4.78, 5) is 0. The summed E-state index contributed by atoms with van der Waals surface area (Å²) in [7, 11) is 1.56. The molecular weight excluding hydrogens is 244 g/mol. The number of oxime groups is 1. The van der Waals surface area contributed by atoms with Gasteiger partial charge in [0.2, 0.25) is 0 Å². The number of amidine groups is 1.